The maximum Gasteiger partial charge on any atom is 0.249 e. The molecule has 2 heterocycles. The number of nitrogen functional groups attached to an aromatic ring is 1. The Morgan fingerprint density at radius 2 is 2.00 bits per heavy atom. The van der Waals surface area contributed by atoms with Crippen LogP contribution in [0.2, 0.25) is 0 Å². The number of hydrogen-bond acceptors (Lipinski definition) is 6. The van der Waals surface area contributed by atoms with Gasteiger partial charge in [-0.15, -0.1) is 5.11 Å². The number of anilines is 3. The molecule has 1 atom stereocenters. The van der Waals surface area contributed by atoms with Crippen LogP contribution in [0.3, 0.4) is 0 Å². The van der Waals surface area contributed by atoms with Gasteiger partial charge in [0.25, 0.3) is 0 Å². The molecule has 0 amide bonds. The van der Waals surface area contributed by atoms with Gasteiger partial charge in [0.1, 0.15) is 6.67 Å². The highest BCUT2D eigenvalue weighted by Crippen LogP contribution is 2.48. The minimum Gasteiger partial charge on any atom is -0.399 e. The third-order valence-electron chi connectivity index (χ3n) is 5.06. The molecule has 6 nitrogen and oxygen atoms in total. The van der Waals surface area contributed by atoms with Crippen molar-refractivity contribution in [3.8, 4) is 0 Å². The smallest absolute Gasteiger partial charge is 0.249 e. The zero-order valence-corrected chi connectivity index (χ0v) is 13.9. The summed E-state index contributed by atoms with van der Waals surface area (Å²) in [4.78, 5) is 7.08. The van der Waals surface area contributed by atoms with Gasteiger partial charge in [-0.2, -0.15) is 5.11 Å². The van der Waals surface area contributed by atoms with Crippen molar-refractivity contribution in [2.45, 2.75) is 24.9 Å². The van der Waals surface area contributed by atoms with Gasteiger partial charge in [-0.25, -0.2) is 4.99 Å². The van der Waals surface area contributed by atoms with Crippen LogP contribution in [0.1, 0.15) is 24.8 Å². The predicted molar refractivity (Wildman–Crippen MR) is 99.6 cm³/mol. The van der Waals surface area contributed by atoms with E-state index in [0.29, 0.717) is 18.5 Å². The number of benzene rings is 2. The summed E-state index contributed by atoms with van der Waals surface area (Å²) in [5.41, 5.74) is 9.54. The van der Waals surface area contributed by atoms with E-state index in [0.717, 1.165) is 29.0 Å². The Balaban J connectivity index is 1.67. The van der Waals surface area contributed by atoms with Crippen LogP contribution in [0.15, 0.2) is 63.8 Å². The van der Waals surface area contributed by atoms with Gasteiger partial charge in [0.2, 0.25) is 5.96 Å². The highest BCUT2D eigenvalue weighted by molar-refractivity contribution is 6.01. The van der Waals surface area contributed by atoms with Crippen LogP contribution in [0.25, 0.3) is 0 Å². The summed E-state index contributed by atoms with van der Waals surface area (Å²) in [6.45, 7) is 0.500. The van der Waals surface area contributed by atoms with Gasteiger partial charge < -0.3 is 11.1 Å². The fourth-order valence-electron chi connectivity index (χ4n) is 3.70. The van der Waals surface area contributed by atoms with E-state index in [1.807, 2.05) is 35.2 Å². The fraction of sp³-hybridized carbons (Fsp3) is 0.316. The zero-order valence-electron chi connectivity index (χ0n) is 13.9. The van der Waals surface area contributed by atoms with Crippen LogP contribution in [-0.4, -0.2) is 12.6 Å². The number of nitrogens with zero attached hydrogens (tertiary/aromatic N) is 4. The quantitative estimate of drug-likeness (QED) is 0.833. The van der Waals surface area contributed by atoms with E-state index in [1.54, 1.807) is 0 Å². The van der Waals surface area contributed by atoms with Crippen LogP contribution in [0, 0.1) is 5.92 Å². The molecule has 2 aromatic carbocycles. The maximum absolute atomic E-state index is 6.07. The summed E-state index contributed by atoms with van der Waals surface area (Å²) in [6, 6.07) is 16.3. The van der Waals surface area contributed by atoms with Crippen LogP contribution >= 0.6 is 0 Å². The van der Waals surface area contributed by atoms with Crippen LogP contribution in [-0.2, 0) is 5.66 Å². The van der Waals surface area contributed by atoms with Crippen molar-refractivity contribution >= 4 is 23.0 Å². The SMILES string of the molecule is Nc1ccc2c(c1)N1CN=NC1=NC2(CC1CC1)Nc1ccccc1. The minimum absolute atomic E-state index is 0.500. The molecule has 1 fully saturated rings. The van der Waals surface area contributed by atoms with Crippen molar-refractivity contribution in [1.82, 2.24) is 0 Å². The molecule has 0 bridgehead atoms. The Bertz CT molecular complexity index is 871. The molecule has 0 spiro atoms. The number of azo groups is 1. The van der Waals surface area contributed by atoms with Crippen molar-refractivity contribution in [3.05, 3.63) is 54.1 Å². The van der Waals surface area contributed by atoms with Crippen molar-refractivity contribution in [2.24, 2.45) is 21.1 Å². The first-order valence-electron chi connectivity index (χ1n) is 8.72. The second-order valence-corrected chi connectivity index (χ2v) is 7.00. The van der Waals surface area contributed by atoms with E-state index in [9.17, 15) is 0 Å². The lowest BCUT2D eigenvalue weighted by atomic mass is 9.89. The van der Waals surface area contributed by atoms with Gasteiger partial charge in [0.05, 0.1) is 5.69 Å². The highest BCUT2D eigenvalue weighted by atomic mass is 15.5. The molecule has 2 aromatic rings. The topological polar surface area (TPSA) is 78.4 Å². The van der Waals surface area contributed by atoms with E-state index < -0.39 is 5.66 Å². The lowest BCUT2D eigenvalue weighted by Gasteiger charge is -2.39. The first-order chi connectivity index (χ1) is 12.2. The second kappa shape index (κ2) is 5.31. The van der Waals surface area contributed by atoms with Gasteiger partial charge in [-0.05, 0) is 36.6 Å². The first-order valence-corrected chi connectivity index (χ1v) is 8.72. The normalized spacial score (nSPS) is 23.8. The number of nitrogens with one attached hydrogen (secondary N) is 1. The molecule has 2 aliphatic heterocycles. The number of rotatable bonds is 4. The molecule has 0 radical (unpaired) electrons. The van der Waals surface area contributed by atoms with E-state index in [4.69, 9.17) is 10.7 Å². The summed E-state index contributed by atoms with van der Waals surface area (Å²) < 4.78 is 0. The van der Waals surface area contributed by atoms with Crippen molar-refractivity contribution in [2.75, 3.05) is 22.6 Å². The molecule has 25 heavy (non-hydrogen) atoms. The lowest BCUT2D eigenvalue weighted by molar-refractivity contribution is 0.436. The molecule has 3 aliphatic rings. The lowest BCUT2D eigenvalue weighted by Crippen LogP contribution is -2.43. The Morgan fingerprint density at radius 1 is 1.16 bits per heavy atom. The van der Waals surface area contributed by atoms with E-state index >= 15 is 0 Å². The molecule has 6 heteroatoms. The summed E-state index contributed by atoms with van der Waals surface area (Å²) in [7, 11) is 0. The molecule has 126 valence electrons. The molecule has 1 saturated carbocycles. The van der Waals surface area contributed by atoms with Gasteiger partial charge in [-0.3, -0.25) is 4.90 Å². The highest BCUT2D eigenvalue weighted by Gasteiger charge is 2.45. The number of nitrogens with two attached hydrogens (primary N) is 1. The molecule has 0 aromatic heterocycles. The summed E-state index contributed by atoms with van der Waals surface area (Å²) >= 11 is 0. The standard InChI is InChI=1S/C19H20N6/c20-14-8-9-16-17(10-14)25-12-21-24-18(25)23-19(16,11-13-6-7-13)22-15-4-2-1-3-5-15/h1-5,8-10,13,22H,6-7,11-12,20H2. The molecule has 0 saturated heterocycles. The summed E-state index contributed by atoms with van der Waals surface area (Å²) in [6.07, 6.45) is 3.48. The Labute approximate surface area is 146 Å². The van der Waals surface area contributed by atoms with Gasteiger partial charge in [0, 0.05) is 16.9 Å². The van der Waals surface area contributed by atoms with Gasteiger partial charge >= 0.3 is 0 Å². The van der Waals surface area contributed by atoms with Crippen LogP contribution in [0.5, 0.6) is 0 Å². The first kappa shape index (κ1) is 14.5. The Kier molecular flexibility index (Phi) is 3.07. The minimum atomic E-state index is -0.527. The Hall–Kier alpha value is -2.89. The van der Waals surface area contributed by atoms with Crippen molar-refractivity contribution in [3.63, 3.8) is 0 Å². The number of hydrogen-bond donors (Lipinski definition) is 2. The summed E-state index contributed by atoms with van der Waals surface area (Å²) in [5.74, 6) is 1.36. The average Bonchev–Trinajstić information content (AvgIpc) is 3.29. The Morgan fingerprint density at radius 3 is 2.80 bits per heavy atom. The second-order valence-electron chi connectivity index (χ2n) is 7.00. The molecule has 3 N–H and O–H groups in total. The molecular weight excluding hydrogens is 312 g/mol. The largest absolute Gasteiger partial charge is 0.399 e. The third kappa shape index (κ3) is 2.45. The predicted octanol–water partition coefficient (Wildman–Crippen LogP) is 3.93. The third-order valence-corrected chi connectivity index (χ3v) is 5.06. The monoisotopic (exact) mass is 332 g/mol. The van der Waals surface area contributed by atoms with E-state index in [-0.39, 0.29) is 0 Å². The molecule has 1 unspecified atom stereocenters. The van der Waals surface area contributed by atoms with Crippen LogP contribution < -0.4 is 16.0 Å². The number of fused-ring (bicyclic) bond motifs is 3. The molecule has 1 aliphatic carbocycles. The van der Waals surface area contributed by atoms with Gasteiger partial charge in [-0.1, -0.05) is 37.1 Å². The maximum atomic E-state index is 6.07. The fourth-order valence-corrected chi connectivity index (χ4v) is 3.70. The zero-order chi connectivity index (χ0) is 16.9. The van der Waals surface area contributed by atoms with Crippen molar-refractivity contribution < 1.29 is 0 Å². The molecular formula is C19H20N6. The van der Waals surface area contributed by atoms with Gasteiger partial charge in [0.15, 0.2) is 5.66 Å². The number of para-hydroxylation sites is 1. The van der Waals surface area contributed by atoms with Crippen molar-refractivity contribution in [1.29, 1.82) is 0 Å². The number of aliphatic imine (C=N–C) groups is 1. The van der Waals surface area contributed by atoms with E-state index in [2.05, 4.69) is 33.7 Å². The molecule has 5 rings (SSSR count). The average molecular weight is 332 g/mol. The van der Waals surface area contributed by atoms with Crippen LogP contribution in [0.4, 0.5) is 17.1 Å². The van der Waals surface area contributed by atoms with E-state index in [1.165, 1.54) is 12.8 Å². The summed E-state index contributed by atoms with van der Waals surface area (Å²) in [5, 5.41) is 12.1. The number of guanidine groups is 1.